The molecule has 1 heterocycles. The Hall–Kier alpha value is -2.24. The zero-order chi connectivity index (χ0) is 11.5. The van der Waals surface area contributed by atoms with E-state index >= 15 is 0 Å². The average Bonchev–Trinajstić information content (AvgIpc) is 2.70. The first-order valence-corrected chi connectivity index (χ1v) is 4.53. The van der Waals surface area contributed by atoms with Crippen LogP contribution in [0.2, 0.25) is 0 Å². The van der Waals surface area contributed by atoms with Crippen LogP contribution in [0.4, 0.5) is 4.39 Å². The fourth-order valence-corrected chi connectivity index (χ4v) is 1.27. The van der Waals surface area contributed by atoms with Gasteiger partial charge in [-0.05, 0) is 6.07 Å². The van der Waals surface area contributed by atoms with Gasteiger partial charge in [-0.15, -0.1) is 5.10 Å². The fraction of sp³-hybridized carbons (Fsp3) is 0.100. The second-order valence-corrected chi connectivity index (χ2v) is 3.20. The number of nitrogens with zero attached hydrogens (tertiary/aromatic N) is 3. The van der Waals surface area contributed by atoms with Crippen molar-refractivity contribution in [3.63, 3.8) is 0 Å². The summed E-state index contributed by atoms with van der Waals surface area (Å²) >= 11 is 0. The average molecular weight is 221 g/mol. The smallest absolute Gasteiger partial charge is 0.358 e. The third-order valence-electron chi connectivity index (χ3n) is 2.05. The SMILES string of the molecule is O=C(O)c1cn(Cc2ccccc2F)nn1. The Kier molecular flexibility index (Phi) is 2.63. The lowest BCUT2D eigenvalue weighted by Crippen LogP contribution is -2.02. The predicted molar refractivity (Wildman–Crippen MR) is 52.5 cm³/mol. The number of hydrogen-bond acceptors (Lipinski definition) is 3. The van der Waals surface area contributed by atoms with Crippen molar-refractivity contribution in [2.24, 2.45) is 0 Å². The molecular formula is C10H8FN3O2. The lowest BCUT2D eigenvalue weighted by molar-refractivity contribution is 0.0690. The molecule has 16 heavy (non-hydrogen) atoms. The summed E-state index contributed by atoms with van der Waals surface area (Å²) in [6.07, 6.45) is 1.26. The molecule has 0 amide bonds. The Bertz CT molecular complexity index is 524. The van der Waals surface area contributed by atoms with E-state index in [1.54, 1.807) is 18.2 Å². The highest BCUT2D eigenvalue weighted by atomic mass is 19.1. The van der Waals surface area contributed by atoms with Crippen LogP contribution in [0.25, 0.3) is 0 Å². The van der Waals surface area contributed by atoms with Crippen molar-refractivity contribution in [1.82, 2.24) is 15.0 Å². The largest absolute Gasteiger partial charge is 0.476 e. The highest BCUT2D eigenvalue weighted by molar-refractivity contribution is 5.84. The molecule has 0 aliphatic heterocycles. The van der Waals surface area contributed by atoms with Crippen molar-refractivity contribution in [1.29, 1.82) is 0 Å². The van der Waals surface area contributed by atoms with Gasteiger partial charge >= 0.3 is 5.97 Å². The van der Waals surface area contributed by atoms with E-state index in [1.165, 1.54) is 16.9 Å². The lowest BCUT2D eigenvalue weighted by Gasteiger charge is -2.01. The number of carboxylic acids is 1. The second kappa shape index (κ2) is 4.09. The van der Waals surface area contributed by atoms with Crippen molar-refractivity contribution >= 4 is 5.97 Å². The Morgan fingerprint density at radius 3 is 2.81 bits per heavy atom. The summed E-state index contributed by atoms with van der Waals surface area (Å²) in [6, 6.07) is 6.23. The molecule has 0 unspecified atom stereocenters. The number of rotatable bonds is 3. The van der Waals surface area contributed by atoms with Crippen LogP contribution in [0.3, 0.4) is 0 Å². The third kappa shape index (κ3) is 2.05. The highest BCUT2D eigenvalue weighted by Gasteiger charge is 2.09. The summed E-state index contributed by atoms with van der Waals surface area (Å²) in [5.41, 5.74) is 0.278. The summed E-state index contributed by atoms with van der Waals surface area (Å²) in [7, 11) is 0. The highest BCUT2D eigenvalue weighted by Crippen LogP contribution is 2.07. The van der Waals surface area contributed by atoms with Gasteiger partial charge in [0.1, 0.15) is 5.82 Å². The monoisotopic (exact) mass is 221 g/mol. The van der Waals surface area contributed by atoms with Gasteiger partial charge < -0.3 is 5.11 Å². The van der Waals surface area contributed by atoms with Crippen molar-refractivity contribution in [2.75, 3.05) is 0 Å². The number of aromatic carboxylic acids is 1. The zero-order valence-electron chi connectivity index (χ0n) is 8.17. The number of halogens is 1. The minimum absolute atomic E-state index is 0.156. The Morgan fingerprint density at radius 2 is 2.19 bits per heavy atom. The van der Waals surface area contributed by atoms with E-state index in [0.29, 0.717) is 5.56 Å². The number of carboxylic acid groups (broad SMARTS) is 1. The van der Waals surface area contributed by atoms with Gasteiger partial charge in [-0.3, -0.25) is 0 Å². The van der Waals surface area contributed by atoms with E-state index in [0.717, 1.165) is 0 Å². The van der Waals surface area contributed by atoms with E-state index in [1.807, 2.05) is 0 Å². The summed E-state index contributed by atoms with van der Waals surface area (Å²) in [5, 5.41) is 15.7. The summed E-state index contributed by atoms with van der Waals surface area (Å²) in [4.78, 5) is 10.5. The van der Waals surface area contributed by atoms with E-state index in [-0.39, 0.29) is 18.1 Å². The number of hydrogen-bond donors (Lipinski definition) is 1. The topological polar surface area (TPSA) is 68.0 Å². The fourth-order valence-electron chi connectivity index (χ4n) is 1.27. The molecule has 2 aromatic rings. The van der Waals surface area contributed by atoms with E-state index in [2.05, 4.69) is 10.3 Å². The molecule has 2 rings (SSSR count). The van der Waals surface area contributed by atoms with Crippen LogP contribution >= 0.6 is 0 Å². The summed E-state index contributed by atoms with van der Waals surface area (Å²) in [6.45, 7) is 0.160. The molecular weight excluding hydrogens is 213 g/mol. The summed E-state index contributed by atoms with van der Waals surface area (Å²) < 4.78 is 14.5. The van der Waals surface area contributed by atoms with Crippen LogP contribution in [0.1, 0.15) is 16.1 Å². The third-order valence-corrected chi connectivity index (χ3v) is 2.05. The molecule has 0 aliphatic rings. The van der Waals surface area contributed by atoms with Crippen molar-refractivity contribution < 1.29 is 14.3 Å². The van der Waals surface area contributed by atoms with Crippen LogP contribution in [-0.2, 0) is 6.54 Å². The number of benzene rings is 1. The Morgan fingerprint density at radius 1 is 1.44 bits per heavy atom. The van der Waals surface area contributed by atoms with Gasteiger partial charge in [0.15, 0.2) is 5.69 Å². The molecule has 0 atom stereocenters. The van der Waals surface area contributed by atoms with Crippen molar-refractivity contribution in [3.05, 3.63) is 47.5 Å². The molecule has 6 heteroatoms. The molecule has 0 saturated heterocycles. The maximum absolute atomic E-state index is 13.3. The standard InChI is InChI=1S/C10H8FN3O2/c11-8-4-2-1-3-7(8)5-14-6-9(10(15)16)12-13-14/h1-4,6H,5H2,(H,15,16). The minimum atomic E-state index is -1.15. The van der Waals surface area contributed by atoms with Crippen molar-refractivity contribution in [3.8, 4) is 0 Å². The van der Waals surface area contributed by atoms with Crippen molar-refractivity contribution in [2.45, 2.75) is 6.54 Å². The molecule has 0 saturated carbocycles. The first-order chi connectivity index (χ1) is 7.66. The Labute approximate surface area is 90.1 Å². The molecule has 82 valence electrons. The molecule has 0 aliphatic carbocycles. The van der Waals surface area contributed by atoms with Gasteiger partial charge in [0, 0.05) is 5.56 Å². The van der Waals surface area contributed by atoms with Crippen LogP contribution in [0.5, 0.6) is 0 Å². The molecule has 0 spiro atoms. The van der Waals surface area contributed by atoms with Crippen LogP contribution in [0.15, 0.2) is 30.5 Å². The predicted octanol–water partition coefficient (Wildman–Crippen LogP) is 1.16. The van der Waals surface area contributed by atoms with Gasteiger partial charge in [-0.25, -0.2) is 13.9 Å². The molecule has 1 N–H and O–H groups in total. The van der Waals surface area contributed by atoms with Crippen LogP contribution in [0, 0.1) is 5.82 Å². The van der Waals surface area contributed by atoms with Gasteiger partial charge in [-0.1, -0.05) is 23.4 Å². The normalized spacial score (nSPS) is 10.3. The number of aromatic nitrogens is 3. The van der Waals surface area contributed by atoms with Gasteiger partial charge in [0.05, 0.1) is 12.7 Å². The van der Waals surface area contributed by atoms with E-state index in [9.17, 15) is 9.18 Å². The minimum Gasteiger partial charge on any atom is -0.476 e. The first-order valence-electron chi connectivity index (χ1n) is 4.53. The number of carbonyl (C=O) groups is 1. The van der Waals surface area contributed by atoms with E-state index in [4.69, 9.17) is 5.11 Å². The molecule has 1 aromatic heterocycles. The maximum Gasteiger partial charge on any atom is 0.358 e. The Balaban J connectivity index is 2.21. The first kappa shape index (κ1) is 10.3. The summed E-state index contributed by atoms with van der Waals surface area (Å²) in [5.74, 6) is -1.50. The quantitative estimate of drug-likeness (QED) is 0.844. The van der Waals surface area contributed by atoms with E-state index < -0.39 is 5.97 Å². The van der Waals surface area contributed by atoms with Crippen LogP contribution in [-0.4, -0.2) is 26.1 Å². The van der Waals surface area contributed by atoms with Crippen LogP contribution < -0.4 is 0 Å². The van der Waals surface area contributed by atoms with Gasteiger partial charge in [0.25, 0.3) is 0 Å². The molecule has 1 aromatic carbocycles. The molecule has 5 nitrogen and oxygen atoms in total. The zero-order valence-corrected chi connectivity index (χ0v) is 8.17. The molecule has 0 radical (unpaired) electrons. The molecule has 0 fully saturated rings. The van der Waals surface area contributed by atoms with Gasteiger partial charge in [0.2, 0.25) is 0 Å². The molecule has 0 bridgehead atoms. The van der Waals surface area contributed by atoms with Gasteiger partial charge in [-0.2, -0.15) is 0 Å². The maximum atomic E-state index is 13.3. The lowest BCUT2D eigenvalue weighted by atomic mass is 10.2. The second-order valence-electron chi connectivity index (χ2n) is 3.20.